The Morgan fingerprint density at radius 3 is 1.04 bits per heavy atom. The number of Topliss-reactive ketones (excluding diaryl/α,β-unsaturated/α-hetero) is 1. The number of ketones is 1. The van der Waals surface area contributed by atoms with E-state index in [1.54, 1.807) is 36.7 Å². The average molecular weight is 970 g/mol. The van der Waals surface area contributed by atoms with E-state index in [-0.39, 0.29) is 18.1 Å². The van der Waals surface area contributed by atoms with E-state index in [4.69, 9.17) is 0 Å². The van der Waals surface area contributed by atoms with Crippen molar-refractivity contribution in [2.24, 2.45) is 0 Å². The minimum absolute atomic E-state index is 0.0495. The fraction of sp³-hybridized carbons (Fsp3) is 0.0238. The lowest BCUT2D eigenvalue weighted by atomic mass is 9.12. The minimum Gasteiger partial charge on any atom is -0.508 e. The molecule has 0 spiro atoms. The van der Waals surface area contributed by atoms with E-state index in [2.05, 4.69) is 4.98 Å². The molecule has 348 valence electrons. The van der Waals surface area contributed by atoms with E-state index in [9.17, 15) is 62.6 Å². The molecule has 0 aliphatic carbocycles. The number of aromatic nitrogens is 2. The zero-order valence-electron chi connectivity index (χ0n) is 32.0. The molecule has 4 nitrogen and oxygen atoms in total. The number of rotatable bonds is 8. The number of nitrogens with zero attached hydrogens (tertiary/aromatic N) is 2. The third-order valence-corrected chi connectivity index (χ3v) is 10.1. The molecule has 0 saturated carbocycles. The summed E-state index contributed by atoms with van der Waals surface area (Å²) in [5.41, 5.74) is -12.0. The monoisotopic (exact) mass is 970 g/mol. The largest absolute Gasteiger partial charge is 0.508 e. The Labute approximate surface area is 359 Å². The SMILES string of the molecule is Fc1c(F)c(F)c([B-](c2c(F)c(F)c(F)c(F)c2F)(c2c(F)c(F)c(F)c(F)c2F)c2c(F)c(F)c(F)c(F)c2F)c(F)c1F.O=C(C[n+]1ccnc(-c2ccc(O)cc2)c1)c1ccccc1. The Balaban J connectivity index is 0.000000279. The molecule has 7 aromatic rings. The maximum Gasteiger partial charge on any atom is 0.227 e. The van der Waals surface area contributed by atoms with Crippen molar-refractivity contribution in [1.82, 2.24) is 4.98 Å². The van der Waals surface area contributed by atoms with Crippen LogP contribution in [0.4, 0.5) is 87.8 Å². The van der Waals surface area contributed by atoms with Gasteiger partial charge in [0.2, 0.25) is 12.3 Å². The summed E-state index contributed by atoms with van der Waals surface area (Å²) >= 11 is 0. The van der Waals surface area contributed by atoms with Gasteiger partial charge in [-0.15, -0.1) is 21.9 Å². The Kier molecular flexibility index (Phi) is 13.5. The summed E-state index contributed by atoms with van der Waals surface area (Å²) in [7, 11) is 0. The zero-order chi connectivity index (χ0) is 49.7. The van der Waals surface area contributed by atoms with E-state index in [1.807, 2.05) is 41.1 Å². The van der Waals surface area contributed by atoms with Crippen molar-refractivity contribution in [1.29, 1.82) is 0 Å². The van der Waals surface area contributed by atoms with Crippen LogP contribution in [-0.4, -0.2) is 22.0 Å². The fourth-order valence-corrected chi connectivity index (χ4v) is 7.07. The lowest BCUT2D eigenvalue weighted by Crippen LogP contribution is -2.81. The first-order chi connectivity index (χ1) is 31.4. The smallest absolute Gasteiger partial charge is 0.227 e. The molecule has 0 fully saturated rings. The lowest BCUT2D eigenvalue weighted by Gasteiger charge is -2.44. The molecule has 0 unspecified atom stereocenters. The first-order valence-electron chi connectivity index (χ1n) is 17.9. The van der Waals surface area contributed by atoms with Gasteiger partial charge < -0.3 is 5.11 Å². The van der Waals surface area contributed by atoms with Crippen molar-refractivity contribution in [2.45, 2.75) is 6.54 Å². The van der Waals surface area contributed by atoms with Gasteiger partial charge in [-0.1, -0.05) is 30.3 Å². The van der Waals surface area contributed by atoms with Gasteiger partial charge in [0.25, 0.3) is 0 Å². The predicted octanol–water partition coefficient (Wildman–Crippen LogP) is 8.47. The number of halogens is 20. The third kappa shape index (κ3) is 8.04. The molecule has 0 aliphatic rings. The normalized spacial score (nSPS) is 11.5. The van der Waals surface area contributed by atoms with Crippen molar-refractivity contribution in [2.75, 3.05) is 0 Å². The molecule has 0 saturated heterocycles. The molecular formula is C42H15BF20N2O2. The summed E-state index contributed by atoms with van der Waals surface area (Å²) in [5.74, 6) is -71.1. The average Bonchev–Trinajstić information content (AvgIpc) is 3.32. The van der Waals surface area contributed by atoms with Gasteiger partial charge in [-0.05, 0) is 24.3 Å². The summed E-state index contributed by atoms with van der Waals surface area (Å²) in [5, 5.41) is 9.33. The molecule has 0 aliphatic heterocycles. The Morgan fingerprint density at radius 2 is 0.731 bits per heavy atom. The molecule has 6 aromatic carbocycles. The summed E-state index contributed by atoms with van der Waals surface area (Å²) in [6, 6.07) is 16.0. The fourth-order valence-electron chi connectivity index (χ4n) is 7.07. The van der Waals surface area contributed by atoms with Crippen LogP contribution in [0, 0.1) is 116 Å². The Hall–Kier alpha value is -7.47. The van der Waals surface area contributed by atoms with Gasteiger partial charge in [0, 0.05) is 11.1 Å². The topological polar surface area (TPSA) is 54.1 Å². The van der Waals surface area contributed by atoms with Crippen LogP contribution in [0.5, 0.6) is 5.75 Å². The van der Waals surface area contributed by atoms with Crippen molar-refractivity contribution in [3.63, 3.8) is 0 Å². The number of carbonyl (C=O) groups is 1. The molecule has 0 atom stereocenters. The molecule has 1 aromatic heterocycles. The molecule has 1 N–H and O–H groups in total. The lowest BCUT2D eigenvalue weighted by molar-refractivity contribution is -0.683. The maximum atomic E-state index is 15.4. The van der Waals surface area contributed by atoms with Crippen LogP contribution in [0.3, 0.4) is 0 Å². The van der Waals surface area contributed by atoms with Crippen molar-refractivity contribution >= 4 is 33.8 Å². The number of aromatic hydroxyl groups is 1. The second kappa shape index (κ2) is 18.4. The highest BCUT2D eigenvalue weighted by molar-refractivity contribution is 7.20. The van der Waals surface area contributed by atoms with Crippen LogP contribution in [0.15, 0.2) is 73.2 Å². The van der Waals surface area contributed by atoms with E-state index < -0.39 is 144 Å². The molecular weight excluding hydrogens is 955 g/mol. The second-order valence-electron chi connectivity index (χ2n) is 13.8. The number of hydrogen-bond acceptors (Lipinski definition) is 3. The molecule has 7 rings (SSSR count). The van der Waals surface area contributed by atoms with Crippen molar-refractivity contribution < 1.29 is 102 Å². The zero-order valence-corrected chi connectivity index (χ0v) is 32.0. The highest BCUT2D eigenvalue weighted by Gasteiger charge is 2.52. The number of phenols is 1. The summed E-state index contributed by atoms with van der Waals surface area (Å²) < 4.78 is 296. The molecule has 25 heteroatoms. The maximum absolute atomic E-state index is 15.4. The first kappa shape index (κ1) is 49.0. The van der Waals surface area contributed by atoms with E-state index >= 15 is 35.1 Å². The van der Waals surface area contributed by atoms with E-state index in [0.717, 1.165) is 11.3 Å². The summed E-state index contributed by atoms with van der Waals surface area (Å²) in [6.45, 7) is 0.262. The Bertz CT molecular complexity index is 2760. The van der Waals surface area contributed by atoms with Gasteiger partial charge in [-0.2, -0.15) is 4.57 Å². The number of benzene rings is 6. The highest BCUT2D eigenvalue weighted by atomic mass is 19.2. The molecule has 0 radical (unpaired) electrons. The van der Waals surface area contributed by atoms with Crippen molar-refractivity contribution in [3.8, 4) is 17.0 Å². The molecule has 0 amide bonds. The minimum atomic E-state index is -7.22. The van der Waals surface area contributed by atoms with Crippen molar-refractivity contribution in [3.05, 3.63) is 195 Å². The standard InChI is InChI=1S/C24BF20.C18H14N2O2/c26-5-1(6(27)14(35)21(42)13(5)34)25(2-7(28)15(36)22(43)16(37)8(2)29,3-9(30)17(38)23(44)18(39)10(3)31)4-11(32)19(40)24(45)20(41)12(4)33;21-16-8-6-14(7-9-16)17-12-20(11-10-19-17)13-18(22)15-4-2-1-3-5-15/h;1-12H,13H2/q-1;/p+1. The van der Waals surface area contributed by atoms with Crippen LogP contribution in [-0.2, 0) is 6.54 Å². The predicted molar refractivity (Wildman–Crippen MR) is 192 cm³/mol. The van der Waals surface area contributed by atoms with Crippen LogP contribution >= 0.6 is 0 Å². The quantitative estimate of drug-likeness (QED) is 0.0416. The number of phenolic OH excluding ortho intramolecular Hbond substituents is 1. The number of hydrogen-bond donors (Lipinski definition) is 1. The van der Waals surface area contributed by atoms with Crippen LogP contribution < -0.4 is 26.4 Å². The van der Waals surface area contributed by atoms with Gasteiger partial charge in [0.15, 0.2) is 82.2 Å². The number of carbonyl (C=O) groups excluding carboxylic acids is 1. The first-order valence-corrected chi connectivity index (χ1v) is 17.9. The molecule has 0 bridgehead atoms. The third-order valence-electron chi connectivity index (χ3n) is 10.1. The molecule has 67 heavy (non-hydrogen) atoms. The van der Waals surface area contributed by atoms with Crippen LogP contribution in [0.1, 0.15) is 10.4 Å². The van der Waals surface area contributed by atoms with Gasteiger partial charge in [0.05, 0.1) is 6.20 Å². The van der Waals surface area contributed by atoms with Crippen LogP contribution in [0.25, 0.3) is 11.3 Å². The second-order valence-corrected chi connectivity index (χ2v) is 13.8. The van der Waals surface area contributed by atoms with Crippen LogP contribution in [0.2, 0.25) is 0 Å². The van der Waals surface area contributed by atoms with Gasteiger partial charge in [-0.3, -0.25) is 4.79 Å². The Morgan fingerprint density at radius 1 is 0.433 bits per heavy atom. The summed E-state index contributed by atoms with van der Waals surface area (Å²) in [6.07, 6.45) is -1.95. The van der Waals surface area contributed by atoms with E-state index in [1.165, 1.54) is 0 Å². The highest BCUT2D eigenvalue weighted by Crippen LogP contribution is 2.31. The van der Waals surface area contributed by atoms with Gasteiger partial charge in [0.1, 0.15) is 64.1 Å². The van der Waals surface area contributed by atoms with Gasteiger partial charge in [-0.25, -0.2) is 92.8 Å². The molecule has 1 heterocycles. The van der Waals surface area contributed by atoms with E-state index in [0.29, 0.717) is 5.56 Å². The summed E-state index contributed by atoms with van der Waals surface area (Å²) in [4.78, 5) is 16.5. The van der Waals surface area contributed by atoms with Gasteiger partial charge >= 0.3 is 0 Å².